The van der Waals surface area contributed by atoms with Gasteiger partial charge in [-0.05, 0) is 12.8 Å². The summed E-state index contributed by atoms with van der Waals surface area (Å²) in [6.07, 6.45) is -0.968. The van der Waals surface area contributed by atoms with Crippen molar-refractivity contribution in [3.8, 4) is 0 Å². The van der Waals surface area contributed by atoms with Crippen molar-refractivity contribution in [2.24, 2.45) is 11.7 Å². The molecule has 0 radical (unpaired) electrons. The molecule has 0 spiro atoms. The lowest BCUT2D eigenvalue weighted by atomic mass is 9.95. The van der Waals surface area contributed by atoms with Gasteiger partial charge in [0, 0.05) is 6.04 Å². The van der Waals surface area contributed by atoms with Gasteiger partial charge in [-0.1, -0.05) is 19.3 Å². The average Bonchev–Trinajstić information content (AvgIpc) is 2.11. The third-order valence-electron chi connectivity index (χ3n) is 2.49. The van der Waals surface area contributed by atoms with E-state index in [0.717, 1.165) is 12.8 Å². The molecule has 0 aliphatic heterocycles. The van der Waals surface area contributed by atoms with E-state index in [2.05, 4.69) is 0 Å². The summed E-state index contributed by atoms with van der Waals surface area (Å²) in [5.41, 5.74) is 5.45. The van der Waals surface area contributed by atoms with Crippen LogP contribution in [0.15, 0.2) is 0 Å². The van der Waals surface area contributed by atoms with E-state index in [4.69, 9.17) is 5.73 Å². The Hall–Kier alpha value is -0.250. The molecule has 2 N–H and O–H groups in total. The van der Waals surface area contributed by atoms with E-state index in [1.54, 1.807) is 0 Å². The maximum atomic E-state index is 12.3. The van der Waals surface area contributed by atoms with E-state index in [-0.39, 0.29) is 6.42 Å². The predicted octanol–water partition coefficient (Wildman–Crippen LogP) is 2.46. The zero-order valence-electron chi connectivity index (χ0n) is 6.90. The van der Waals surface area contributed by atoms with Crippen molar-refractivity contribution < 1.29 is 13.2 Å². The third kappa shape index (κ3) is 2.37. The van der Waals surface area contributed by atoms with E-state index in [0.29, 0.717) is 12.8 Å². The van der Waals surface area contributed by atoms with Crippen LogP contribution in [0.1, 0.15) is 32.1 Å². The normalized spacial score (nSPS) is 33.0. The zero-order valence-corrected chi connectivity index (χ0v) is 6.90. The number of hydrogen-bond donors (Lipinski definition) is 1. The first-order chi connectivity index (χ1) is 5.52. The smallest absolute Gasteiger partial charge is 0.327 e. The molecule has 4 heteroatoms. The highest BCUT2D eigenvalue weighted by atomic mass is 19.4. The van der Waals surface area contributed by atoms with Crippen LogP contribution in [-0.4, -0.2) is 12.2 Å². The largest absolute Gasteiger partial charge is 0.393 e. The first kappa shape index (κ1) is 9.84. The van der Waals surface area contributed by atoms with Gasteiger partial charge in [0.05, 0.1) is 5.92 Å². The van der Waals surface area contributed by atoms with E-state index in [9.17, 15) is 13.2 Å². The van der Waals surface area contributed by atoms with E-state index >= 15 is 0 Å². The molecule has 0 aromatic carbocycles. The molecule has 0 amide bonds. The number of halogens is 3. The van der Waals surface area contributed by atoms with E-state index in [1.165, 1.54) is 0 Å². The molecule has 0 aromatic rings. The Labute approximate surface area is 70.1 Å². The highest BCUT2D eigenvalue weighted by Crippen LogP contribution is 2.35. The Morgan fingerprint density at radius 2 is 1.58 bits per heavy atom. The molecule has 0 heterocycles. The first-order valence-electron chi connectivity index (χ1n) is 4.34. The van der Waals surface area contributed by atoms with Gasteiger partial charge < -0.3 is 5.73 Å². The second-order valence-corrected chi connectivity index (χ2v) is 3.45. The fourth-order valence-corrected chi connectivity index (χ4v) is 1.74. The summed E-state index contributed by atoms with van der Waals surface area (Å²) < 4.78 is 36.9. The lowest BCUT2D eigenvalue weighted by molar-refractivity contribution is -0.181. The summed E-state index contributed by atoms with van der Waals surface area (Å²) in [4.78, 5) is 0. The molecule has 1 nitrogen and oxygen atoms in total. The number of alkyl halides is 3. The van der Waals surface area contributed by atoms with E-state index < -0.39 is 18.1 Å². The van der Waals surface area contributed by atoms with Crippen molar-refractivity contribution in [1.29, 1.82) is 0 Å². The molecular formula is C8H14F3N. The van der Waals surface area contributed by atoms with Gasteiger partial charge in [0.15, 0.2) is 0 Å². The lowest BCUT2D eigenvalue weighted by Gasteiger charge is -2.23. The first-order valence-corrected chi connectivity index (χ1v) is 4.34. The van der Waals surface area contributed by atoms with Crippen LogP contribution in [0, 0.1) is 5.92 Å². The Bertz CT molecular complexity index is 144. The highest BCUT2D eigenvalue weighted by molar-refractivity contribution is 4.81. The molecule has 1 aliphatic carbocycles. The molecule has 0 unspecified atom stereocenters. The molecule has 72 valence electrons. The summed E-state index contributed by atoms with van der Waals surface area (Å²) in [6.45, 7) is 0. The minimum atomic E-state index is -4.09. The van der Waals surface area contributed by atoms with Gasteiger partial charge in [-0.2, -0.15) is 13.2 Å². The number of nitrogens with two attached hydrogens (primary N) is 1. The third-order valence-corrected chi connectivity index (χ3v) is 2.49. The minimum Gasteiger partial charge on any atom is -0.327 e. The summed E-state index contributed by atoms with van der Waals surface area (Å²) in [5.74, 6) is -1.26. The van der Waals surface area contributed by atoms with Crippen LogP contribution >= 0.6 is 0 Å². The Morgan fingerprint density at radius 1 is 1.00 bits per heavy atom. The molecule has 0 aromatic heterocycles. The molecule has 0 bridgehead atoms. The van der Waals surface area contributed by atoms with E-state index in [1.807, 2.05) is 0 Å². The van der Waals surface area contributed by atoms with Crippen molar-refractivity contribution in [3.05, 3.63) is 0 Å². The van der Waals surface area contributed by atoms with Gasteiger partial charge in [0.2, 0.25) is 0 Å². The molecular weight excluding hydrogens is 167 g/mol. The maximum absolute atomic E-state index is 12.3. The SMILES string of the molecule is N[C@H]1CCCCC[C@@H]1C(F)(F)F. The van der Waals surface area contributed by atoms with Gasteiger partial charge in [0.1, 0.15) is 0 Å². The van der Waals surface area contributed by atoms with Gasteiger partial charge in [0.25, 0.3) is 0 Å². The van der Waals surface area contributed by atoms with Crippen molar-refractivity contribution >= 4 is 0 Å². The highest BCUT2D eigenvalue weighted by Gasteiger charge is 2.43. The molecule has 1 saturated carbocycles. The number of rotatable bonds is 0. The van der Waals surface area contributed by atoms with Crippen molar-refractivity contribution in [2.75, 3.05) is 0 Å². The Morgan fingerprint density at radius 3 is 2.17 bits per heavy atom. The van der Waals surface area contributed by atoms with Crippen molar-refractivity contribution in [3.63, 3.8) is 0 Å². The lowest BCUT2D eigenvalue weighted by Crippen LogP contribution is -2.38. The molecule has 1 fully saturated rings. The maximum Gasteiger partial charge on any atom is 0.393 e. The standard InChI is InChI=1S/C8H14F3N/c9-8(10,11)6-4-2-1-3-5-7(6)12/h6-7H,1-5,12H2/t6-,7-/m0/s1. The summed E-state index contributed by atoms with van der Waals surface area (Å²) >= 11 is 0. The Balaban J connectivity index is 2.59. The fraction of sp³-hybridized carbons (Fsp3) is 1.00. The Kier molecular flexibility index (Phi) is 2.99. The molecule has 1 rings (SSSR count). The quantitative estimate of drug-likeness (QED) is 0.571. The molecule has 0 saturated heterocycles. The summed E-state index contributed by atoms with van der Waals surface area (Å²) in [6, 6.07) is -0.674. The van der Waals surface area contributed by atoms with Crippen LogP contribution in [0.5, 0.6) is 0 Å². The predicted molar refractivity (Wildman–Crippen MR) is 40.6 cm³/mol. The second kappa shape index (κ2) is 3.64. The van der Waals surface area contributed by atoms with Gasteiger partial charge in [-0.15, -0.1) is 0 Å². The van der Waals surface area contributed by atoms with Crippen LogP contribution in [0.25, 0.3) is 0 Å². The van der Waals surface area contributed by atoms with Crippen molar-refractivity contribution in [2.45, 2.75) is 44.3 Å². The van der Waals surface area contributed by atoms with Crippen LogP contribution < -0.4 is 5.73 Å². The summed E-state index contributed by atoms with van der Waals surface area (Å²) in [7, 11) is 0. The van der Waals surface area contributed by atoms with Crippen LogP contribution in [-0.2, 0) is 0 Å². The average molecular weight is 181 g/mol. The van der Waals surface area contributed by atoms with Gasteiger partial charge >= 0.3 is 6.18 Å². The van der Waals surface area contributed by atoms with Gasteiger partial charge in [-0.25, -0.2) is 0 Å². The second-order valence-electron chi connectivity index (χ2n) is 3.45. The minimum absolute atomic E-state index is 0.213. The topological polar surface area (TPSA) is 26.0 Å². The van der Waals surface area contributed by atoms with Crippen LogP contribution in [0.3, 0.4) is 0 Å². The van der Waals surface area contributed by atoms with Crippen LogP contribution in [0.2, 0.25) is 0 Å². The number of hydrogen-bond acceptors (Lipinski definition) is 1. The van der Waals surface area contributed by atoms with Gasteiger partial charge in [-0.3, -0.25) is 0 Å². The molecule has 1 aliphatic rings. The monoisotopic (exact) mass is 181 g/mol. The molecule has 12 heavy (non-hydrogen) atoms. The fourth-order valence-electron chi connectivity index (χ4n) is 1.74. The molecule has 2 atom stereocenters. The van der Waals surface area contributed by atoms with Crippen LogP contribution in [0.4, 0.5) is 13.2 Å². The zero-order chi connectivity index (χ0) is 9.19. The summed E-state index contributed by atoms with van der Waals surface area (Å²) in [5, 5.41) is 0. The van der Waals surface area contributed by atoms with Crippen molar-refractivity contribution in [1.82, 2.24) is 0 Å².